The van der Waals surface area contributed by atoms with Crippen LogP contribution in [0.3, 0.4) is 0 Å². The Hall–Kier alpha value is -3.17. The average molecular weight is 554 g/mol. The predicted molar refractivity (Wildman–Crippen MR) is 149 cm³/mol. The van der Waals surface area contributed by atoms with Gasteiger partial charge in [0.2, 0.25) is 17.7 Å². The topological polar surface area (TPSA) is 112 Å². The average Bonchev–Trinajstić information content (AvgIpc) is 2.97. The van der Waals surface area contributed by atoms with Crippen LogP contribution >= 0.6 is 0 Å². The van der Waals surface area contributed by atoms with Crippen LogP contribution in [0.25, 0.3) is 0 Å². The largest absolute Gasteiger partial charge is 0.342 e. The molecule has 3 saturated heterocycles. The molecule has 10 heteroatoms. The van der Waals surface area contributed by atoms with E-state index in [1.807, 2.05) is 4.90 Å². The number of imide groups is 1. The molecule has 4 fully saturated rings. The van der Waals surface area contributed by atoms with E-state index in [0.717, 1.165) is 51.6 Å². The molecular formula is C30H43N5O5. The molecule has 1 aromatic heterocycles. The van der Waals surface area contributed by atoms with Gasteiger partial charge in [-0.25, -0.2) is 4.79 Å². The molecule has 1 N–H and O–H groups in total. The van der Waals surface area contributed by atoms with E-state index in [4.69, 9.17) is 0 Å². The summed E-state index contributed by atoms with van der Waals surface area (Å²) < 4.78 is 1.42. The van der Waals surface area contributed by atoms with Gasteiger partial charge >= 0.3 is 6.03 Å². The highest BCUT2D eigenvalue weighted by Crippen LogP contribution is 2.32. The monoisotopic (exact) mass is 553 g/mol. The first-order valence-electron chi connectivity index (χ1n) is 15.2. The number of nitrogens with zero attached hydrogens (tertiary/aromatic N) is 4. The fourth-order valence-corrected chi connectivity index (χ4v) is 6.92. The lowest BCUT2D eigenvalue weighted by atomic mass is 9.82. The molecule has 0 atom stereocenters. The smallest absolute Gasteiger partial charge is 0.324 e. The molecule has 4 heterocycles. The van der Waals surface area contributed by atoms with Crippen LogP contribution in [0.2, 0.25) is 0 Å². The first kappa shape index (κ1) is 28.4. The van der Waals surface area contributed by atoms with Crippen molar-refractivity contribution in [2.75, 3.05) is 32.7 Å². The molecule has 218 valence electrons. The van der Waals surface area contributed by atoms with Crippen LogP contribution in [0.1, 0.15) is 76.2 Å². The number of amides is 5. The van der Waals surface area contributed by atoms with Gasteiger partial charge in [0.1, 0.15) is 6.54 Å². The molecule has 5 rings (SSSR count). The fraction of sp³-hybridized carbons (Fsp3) is 0.700. The lowest BCUT2D eigenvalue weighted by Crippen LogP contribution is -2.49. The number of nitrogens with one attached hydrogen (secondary N) is 1. The van der Waals surface area contributed by atoms with E-state index in [-0.39, 0.29) is 49.3 Å². The maximum atomic E-state index is 13.1. The normalized spacial score (nSPS) is 21.9. The minimum absolute atomic E-state index is 0.0183. The number of piperidine rings is 2. The van der Waals surface area contributed by atoms with Gasteiger partial charge in [-0.1, -0.05) is 25.3 Å². The van der Waals surface area contributed by atoms with Crippen LogP contribution in [-0.4, -0.2) is 75.7 Å². The Morgan fingerprint density at radius 3 is 2.12 bits per heavy atom. The van der Waals surface area contributed by atoms with Crippen molar-refractivity contribution < 1.29 is 19.2 Å². The Kier molecular flexibility index (Phi) is 9.22. The Balaban J connectivity index is 1.05. The van der Waals surface area contributed by atoms with Crippen molar-refractivity contribution in [1.82, 2.24) is 24.6 Å². The van der Waals surface area contributed by atoms with Gasteiger partial charge in [0.25, 0.3) is 5.56 Å². The van der Waals surface area contributed by atoms with Gasteiger partial charge in [0.05, 0.1) is 6.54 Å². The van der Waals surface area contributed by atoms with Crippen molar-refractivity contribution in [3.63, 3.8) is 0 Å². The second kappa shape index (κ2) is 13.0. The number of hydrogen-bond acceptors (Lipinski definition) is 5. The number of hydrogen-bond donors (Lipinski definition) is 1. The molecule has 0 aromatic carbocycles. The zero-order valence-electron chi connectivity index (χ0n) is 23.5. The number of aromatic nitrogens is 1. The van der Waals surface area contributed by atoms with Crippen molar-refractivity contribution in [2.24, 2.45) is 17.8 Å². The predicted octanol–water partition coefficient (Wildman–Crippen LogP) is 2.74. The number of carbonyl (C=O) groups is 4. The molecular weight excluding hydrogens is 510 g/mol. The summed E-state index contributed by atoms with van der Waals surface area (Å²) in [5, 5.41) is 2.27. The van der Waals surface area contributed by atoms with Crippen LogP contribution in [-0.2, 0) is 27.5 Å². The molecule has 10 nitrogen and oxygen atoms in total. The minimum Gasteiger partial charge on any atom is -0.342 e. The van der Waals surface area contributed by atoms with Gasteiger partial charge in [-0.15, -0.1) is 0 Å². The summed E-state index contributed by atoms with van der Waals surface area (Å²) in [4.78, 5) is 67.8. The van der Waals surface area contributed by atoms with E-state index in [9.17, 15) is 24.0 Å². The van der Waals surface area contributed by atoms with Gasteiger partial charge in [-0.3, -0.25) is 24.5 Å². The van der Waals surface area contributed by atoms with E-state index < -0.39 is 6.03 Å². The van der Waals surface area contributed by atoms with Crippen molar-refractivity contribution in [3.05, 3.63) is 34.2 Å². The molecule has 40 heavy (non-hydrogen) atoms. The highest BCUT2D eigenvalue weighted by atomic mass is 16.2. The Morgan fingerprint density at radius 2 is 1.48 bits per heavy atom. The van der Waals surface area contributed by atoms with Crippen LogP contribution in [0, 0.1) is 17.8 Å². The maximum Gasteiger partial charge on any atom is 0.324 e. The molecule has 5 amide bonds. The lowest BCUT2D eigenvalue weighted by molar-refractivity contribution is -0.138. The number of pyridine rings is 1. The summed E-state index contributed by atoms with van der Waals surface area (Å²) in [6, 6.07) is 2.88. The third-order valence-corrected chi connectivity index (χ3v) is 9.42. The van der Waals surface area contributed by atoms with Crippen molar-refractivity contribution in [3.8, 4) is 0 Å². The van der Waals surface area contributed by atoms with Crippen LogP contribution in [0.15, 0.2) is 23.1 Å². The zero-order chi connectivity index (χ0) is 28.1. The van der Waals surface area contributed by atoms with Gasteiger partial charge in [-0.2, -0.15) is 0 Å². The summed E-state index contributed by atoms with van der Waals surface area (Å²) >= 11 is 0. The van der Waals surface area contributed by atoms with E-state index >= 15 is 0 Å². The van der Waals surface area contributed by atoms with Crippen molar-refractivity contribution >= 4 is 23.8 Å². The second-order valence-corrected chi connectivity index (χ2v) is 12.2. The highest BCUT2D eigenvalue weighted by molar-refractivity contribution is 5.96. The molecule has 4 aliphatic rings. The standard InChI is InChI=1S/C30H43N5O5/c36-26-12-18-35(30(40)31-26)20-25-7-4-13-34(29(25)39)21-27(37)32-14-8-22(9-15-32)19-23-10-16-33(17-11-23)28(38)24-5-2-1-3-6-24/h4,7,13,22-24H,1-3,5-6,8-12,14-21H2,(H,31,36,40). The SMILES string of the molecule is O=C1CCN(Cc2cccn(CC(=O)N3CCC(CC4CCN(C(=O)C5CCCCC5)CC4)CC3)c2=O)C(=O)N1. The summed E-state index contributed by atoms with van der Waals surface area (Å²) in [5.74, 6) is 1.53. The van der Waals surface area contributed by atoms with Crippen LogP contribution in [0.4, 0.5) is 4.79 Å². The van der Waals surface area contributed by atoms with Gasteiger partial charge in [0.15, 0.2) is 0 Å². The molecule has 1 aromatic rings. The summed E-state index contributed by atoms with van der Waals surface area (Å²) in [6.07, 6.45) is 12.9. The van der Waals surface area contributed by atoms with Gasteiger partial charge in [-0.05, 0) is 62.8 Å². The molecule has 0 unspecified atom stereocenters. The maximum absolute atomic E-state index is 13.1. The first-order chi connectivity index (χ1) is 19.4. The third kappa shape index (κ3) is 6.93. The van der Waals surface area contributed by atoms with E-state index in [1.54, 1.807) is 18.3 Å². The molecule has 1 aliphatic carbocycles. The Labute approximate surface area is 236 Å². The van der Waals surface area contributed by atoms with E-state index in [2.05, 4.69) is 10.2 Å². The van der Waals surface area contributed by atoms with Gasteiger partial charge in [0, 0.05) is 56.8 Å². The van der Waals surface area contributed by atoms with Crippen LogP contribution in [0.5, 0.6) is 0 Å². The minimum atomic E-state index is -0.497. The summed E-state index contributed by atoms with van der Waals surface area (Å²) in [7, 11) is 0. The van der Waals surface area contributed by atoms with Gasteiger partial charge < -0.3 is 19.3 Å². The summed E-state index contributed by atoms with van der Waals surface area (Å²) in [6.45, 7) is 3.56. The summed E-state index contributed by atoms with van der Waals surface area (Å²) in [5.41, 5.74) is 0.133. The second-order valence-electron chi connectivity index (χ2n) is 12.2. The molecule has 0 spiro atoms. The quantitative estimate of drug-likeness (QED) is 0.558. The Bertz CT molecular complexity index is 1140. The molecule has 0 radical (unpaired) electrons. The highest BCUT2D eigenvalue weighted by Gasteiger charge is 2.31. The van der Waals surface area contributed by atoms with Crippen molar-refractivity contribution in [2.45, 2.75) is 83.7 Å². The first-order valence-corrected chi connectivity index (χ1v) is 15.2. The third-order valence-electron chi connectivity index (χ3n) is 9.42. The fourth-order valence-electron chi connectivity index (χ4n) is 6.92. The molecule has 3 aliphatic heterocycles. The van der Waals surface area contributed by atoms with Crippen molar-refractivity contribution in [1.29, 1.82) is 0 Å². The van der Waals surface area contributed by atoms with Crippen LogP contribution < -0.4 is 10.9 Å². The molecule has 0 bridgehead atoms. The van der Waals surface area contributed by atoms with E-state index in [1.165, 1.54) is 35.2 Å². The van der Waals surface area contributed by atoms with E-state index in [0.29, 0.717) is 36.4 Å². The Morgan fingerprint density at radius 1 is 0.825 bits per heavy atom. The zero-order valence-corrected chi connectivity index (χ0v) is 23.5. The lowest BCUT2D eigenvalue weighted by Gasteiger charge is -2.38. The molecule has 1 saturated carbocycles. The number of carbonyl (C=O) groups excluding carboxylic acids is 4. The number of rotatable bonds is 7. The number of urea groups is 1. The number of likely N-dealkylation sites (tertiary alicyclic amines) is 2.